The van der Waals surface area contributed by atoms with Crippen LogP contribution < -0.4 is 15.9 Å². The third-order valence-electron chi connectivity index (χ3n) is 5.37. The molecule has 31 heavy (non-hydrogen) atoms. The molecule has 158 valence electrons. The second-order valence-electron chi connectivity index (χ2n) is 7.64. The van der Waals surface area contributed by atoms with Crippen molar-refractivity contribution in [3.63, 3.8) is 0 Å². The van der Waals surface area contributed by atoms with Gasteiger partial charge in [0, 0.05) is 16.7 Å². The van der Waals surface area contributed by atoms with Gasteiger partial charge in [0.1, 0.15) is 22.3 Å². The highest BCUT2D eigenvalue weighted by molar-refractivity contribution is 7.82. The van der Waals surface area contributed by atoms with E-state index in [0.717, 1.165) is 16.7 Å². The van der Waals surface area contributed by atoms with Gasteiger partial charge in [-0.2, -0.15) is 0 Å². The van der Waals surface area contributed by atoms with Gasteiger partial charge in [-0.3, -0.25) is 4.79 Å². The molecule has 3 N–H and O–H groups in total. The predicted molar refractivity (Wildman–Crippen MR) is 126 cm³/mol. The van der Waals surface area contributed by atoms with E-state index in [4.69, 9.17) is 9.56 Å². The van der Waals surface area contributed by atoms with E-state index in [1.165, 1.54) is 0 Å². The lowest BCUT2D eigenvalue weighted by Crippen LogP contribution is -2.14. The summed E-state index contributed by atoms with van der Waals surface area (Å²) in [6, 6.07) is 20.5. The van der Waals surface area contributed by atoms with E-state index in [9.17, 15) is 9.00 Å². The maximum atomic E-state index is 13.2. The van der Waals surface area contributed by atoms with Crippen LogP contribution in [0, 0.1) is 13.8 Å². The molecule has 0 radical (unpaired) electrons. The Morgan fingerprint density at radius 3 is 2.39 bits per heavy atom. The van der Waals surface area contributed by atoms with Crippen molar-refractivity contribution < 1.29 is 8.63 Å². The van der Waals surface area contributed by atoms with Crippen molar-refractivity contribution in [2.24, 2.45) is 5.14 Å². The van der Waals surface area contributed by atoms with E-state index in [0.29, 0.717) is 32.9 Å². The summed E-state index contributed by atoms with van der Waals surface area (Å²) in [6.07, 6.45) is 0. The van der Waals surface area contributed by atoms with Crippen LogP contribution in [0.2, 0.25) is 0 Å². The van der Waals surface area contributed by atoms with Gasteiger partial charge < -0.3 is 9.73 Å². The van der Waals surface area contributed by atoms with Crippen LogP contribution in [-0.4, -0.2) is 4.21 Å². The summed E-state index contributed by atoms with van der Waals surface area (Å²) < 4.78 is 18.3. The van der Waals surface area contributed by atoms with Gasteiger partial charge in [-0.25, -0.2) is 9.35 Å². The van der Waals surface area contributed by atoms with Crippen molar-refractivity contribution in [3.05, 3.63) is 93.6 Å². The molecule has 2 unspecified atom stereocenters. The van der Waals surface area contributed by atoms with Crippen molar-refractivity contribution >= 4 is 27.6 Å². The summed E-state index contributed by atoms with van der Waals surface area (Å²) >= 11 is 0. The van der Waals surface area contributed by atoms with Gasteiger partial charge in [0.05, 0.1) is 22.0 Å². The number of benzene rings is 3. The lowest BCUT2D eigenvalue weighted by atomic mass is 9.99. The largest absolute Gasteiger partial charge is 0.455 e. The molecule has 0 spiro atoms. The van der Waals surface area contributed by atoms with Gasteiger partial charge in [-0.05, 0) is 44.5 Å². The zero-order chi connectivity index (χ0) is 22.1. The van der Waals surface area contributed by atoms with Crippen molar-refractivity contribution in [1.82, 2.24) is 0 Å². The molecule has 0 saturated heterocycles. The number of aryl methyl sites for hydroxylation is 1. The average molecular weight is 433 g/mol. The van der Waals surface area contributed by atoms with E-state index < -0.39 is 11.0 Å². The molecule has 0 aliphatic rings. The highest BCUT2D eigenvalue weighted by Gasteiger charge is 2.19. The van der Waals surface area contributed by atoms with E-state index in [1.54, 1.807) is 19.1 Å². The first kappa shape index (κ1) is 21.0. The van der Waals surface area contributed by atoms with Crippen molar-refractivity contribution in [3.8, 4) is 11.3 Å². The molecule has 5 nitrogen and oxygen atoms in total. The van der Waals surface area contributed by atoms with Crippen molar-refractivity contribution in [2.45, 2.75) is 31.7 Å². The molecule has 3 aromatic carbocycles. The summed E-state index contributed by atoms with van der Waals surface area (Å²) in [5, 5.41) is 9.57. The van der Waals surface area contributed by atoms with Crippen LogP contribution in [0.4, 0.5) is 5.69 Å². The van der Waals surface area contributed by atoms with Crippen molar-refractivity contribution in [2.75, 3.05) is 5.32 Å². The zero-order valence-corrected chi connectivity index (χ0v) is 18.5. The number of rotatable bonds is 5. The van der Waals surface area contributed by atoms with Crippen LogP contribution in [0.3, 0.4) is 0 Å². The first-order valence-electron chi connectivity index (χ1n) is 10.0. The standard InChI is InChI=1S/C25H24N2O3S/c1-15-13-19(17(3)27-21-11-7-8-12-22(21)31(26)29)25-20(14-15)23(28)16(2)24(30-25)18-9-5-4-6-10-18/h4-14,17,27H,26H2,1-3H3. The van der Waals surface area contributed by atoms with Crippen LogP contribution in [0.1, 0.15) is 29.7 Å². The van der Waals surface area contributed by atoms with Crippen molar-refractivity contribution in [1.29, 1.82) is 0 Å². The molecule has 0 aliphatic heterocycles. The van der Waals surface area contributed by atoms with Crippen LogP contribution in [0.5, 0.6) is 0 Å². The molecule has 0 bridgehead atoms. The zero-order valence-electron chi connectivity index (χ0n) is 17.6. The molecule has 0 fully saturated rings. The Balaban J connectivity index is 1.89. The van der Waals surface area contributed by atoms with Gasteiger partial charge >= 0.3 is 0 Å². The molecule has 6 heteroatoms. The number of fused-ring (bicyclic) bond motifs is 1. The SMILES string of the molecule is Cc1cc(C(C)Nc2ccccc2S(N)=O)c2oc(-c3ccccc3)c(C)c(=O)c2c1. The minimum absolute atomic E-state index is 0.0410. The number of para-hydroxylation sites is 1. The molecular weight excluding hydrogens is 408 g/mol. The van der Waals surface area contributed by atoms with Crippen LogP contribution in [0.25, 0.3) is 22.3 Å². The van der Waals surface area contributed by atoms with Gasteiger partial charge in [0.2, 0.25) is 0 Å². The maximum Gasteiger partial charge on any atom is 0.196 e. The number of hydrogen-bond acceptors (Lipinski definition) is 4. The van der Waals surface area contributed by atoms with E-state index in [1.807, 2.05) is 68.4 Å². The minimum atomic E-state index is -1.62. The first-order valence-corrected chi connectivity index (χ1v) is 11.2. The summed E-state index contributed by atoms with van der Waals surface area (Å²) in [7, 11) is -1.62. The lowest BCUT2D eigenvalue weighted by Gasteiger charge is -2.20. The third-order valence-corrected chi connectivity index (χ3v) is 6.16. The van der Waals surface area contributed by atoms with E-state index in [-0.39, 0.29) is 11.5 Å². The fraction of sp³-hybridized carbons (Fsp3) is 0.160. The van der Waals surface area contributed by atoms with Gasteiger partial charge in [0.15, 0.2) is 5.43 Å². The Labute approximate surface area is 183 Å². The van der Waals surface area contributed by atoms with E-state index >= 15 is 0 Å². The Morgan fingerprint density at radius 2 is 1.68 bits per heavy atom. The first-order chi connectivity index (χ1) is 14.9. The van der Waals surface area contributed by atoms with Gasteiger partial charge in [-0.15, -0.1) is 0 Å². The second kappa shape index (κ2) is 8.49. The van der Waals surface area contributed by atoms with Crippen LogP contribution in [0.15, 0.2) is 80.8 Å². The summed E-state index contributed by atoms with van der Waals surface area (Å²) in [4.78, 5) is 13.7. The Morgan fingerprint density at radius 1 is 1.00 bits per heavy atom. The smallest absolute Gasteiger partial charge is 0.196 e. The summed E-state index contributed by atoms with van der Waals surface area (Å²) in [6.45, 7) is 5.73. The number of anilines is 1. The predicted octanol–water partition coefficient (Wildman–Crippen LogP) is 5.23. The normalized spacial score (nSPS) is 13.2. The highest BCUT2D eigenvalue weighted by atomic mass is 32.2. The average Bonchev–Trinajstić information content (AvgIpc) is 2.77. The maximum absolute atomic E-state index is 13.2. The van der Waals surface area contributed by atoms with E-state index in [2.05, 4.69) is 5.32 Å². The topological polar surface area (TPSA) is 85.3 Å². The molecule has 2 atom stereocenters. The second-order valence-corrected chi connectivity index (χ2v) is 8.68. The number of hydrogen-bond donors (Lipinski definition) is 2. The lowest BCUT2D eigenvalue weighted by molar-refractivity contribution is 0.605. The molecule has 1 heterocycles. The summed E-state index contributed by atoms with van der Waals surface area (Å²) in [5.74, 6) is 0.568. The fourth-order valence-electron chi connectivity index (χ4n) is 3.83. The molecule has 0 saturated carbocycles. The molecule has 4 aromatic rings. The van der Waals surface area contributed by atoms with Crippen LogP contribution in [-0.2, 0) is 11.0 Å². The van der Waals surface area contributed by atoms with Gasteiger partial charge in [-0.1, -0.05) is 48.5 Å². The number of nitrogens with one attached hydrogen (secondary N) is 1. The molecule has 4 rings (SSSR count). The highest BCUT2D eigenvalue weighted by Crippen LogP contribution is 2.32. The molecule has 0 aliphatic carbocycles. The summed E-state index contributed by atoms with van der Waals surface area (Å²) in [5.41, 5.74) is 4.44. The Kier molecular flexibility index (Phi) is 5.76. The third kappa shape index (κ3) is 4.04. The molecule has 1 aromatic heterocycles. The Hall–Kier alpha value is -3.22. The fourth-order valence-corrected chi connectivity index (χ4v) is 4.38. The van der Waals surface area contributed by atoms with Crippen LogP contribution >= 0.6 is 0 Å². The molecule has 0 amide bonds. The quantitative estimate of drug-likeness (QED) is 0.452. The molecular formula is C25H24N2O3S. The minimum Gasteiger partial charge on any atom is -0.455 e. The monoisotopic (exact) mass is 432 g/mol. The number of nitrogens with two attached hydrogens (primary N) is 1. The Bertz CT molecular complexity index is 1350. The van der Waals surface area contributed by atoms with Gasteiger partial charge in [0.25, 0.3) is 0 Å².